The summed E-state index contributed by atoms with van der Waals surface area (Å²) in [5.74, 6) is 5.74. The second-order valence-electron chi connectivity index (χ2n) is 7.28. The van der Waals surface area contributed by atoms with E-state index in [-0.39, 0.29) is 23.3 Å². The SMILES string of the molecule is CC(C)(O)C#Cc1ccc(C(=O)N[C@H]2CCOC3(CCOCC3)C2)o1. The number of hydrogen-bond acceptors (Lipinski definition) is 5. The number of amides is 1. The van der Waals surface area contributed by atoms with Gasteiger partial charge in [0.2, 0.25) is 0 Å². The highest BCUT2D eigenvalue weighted by Crippen LogP contribution is 2.34. The molecule has 1 atom stereocenters. The summed E-state index contributed by atoms with van der Waals surface area (Å²) in [5, 5.41) is 12.7. The summed E-state index contributed by atoms with van der Waals surface area (Å²) >= 11 is 0. The third-order valence-electron chi connectivity index (χ3n) is 4.55. The van der Waals surface area contributed by atoms with Crippen LogP contribution in [0.3, 0.4) is 0 Å². The number of carbonyl (C=O) groups is 1. The molecule has 0 aromatic carbocycles. The Labute approximate surface area is 147 Å². The van der Waals surface area contributed by atoms with Crippen molar-refractivity contribution in [3.05, 3.63) is 23.7 Å². The Morgan fingerprint density at radius 3 is 2.80 bits per heavy atom. The van der Waals surface area contributed by atoms with E-state index in [0.29, 0.717) is 25.6 Å². The van der Waals surface area contributed by atoms with Crippen LogP contribution in [0.2, 0.25) is 0 Å². The predicted octanol–water partition coefficient (Wildman–Crippen LogP) is 1.86. The molecule has 0 unspecified atom stereocenters. The van der Waals surface area contributed by atoms with Crippen LogP contribution in [-0.2, 0) is 9.47 Å². The van der Waals surface area contributed by atoms with Crippen molar-refractivity contribution >= 4 is 5.91 Å². The third-order valence-corrected chi connectivity index (χ3v) is 4.55. The average molecular weight is 347 g/mol. The molecule has 3 rings (SSSR count). The zero-order valence-corrected chi connectivity index (χ0v) is 14.8. The van der Waals surface area contributed by atoms with E-state index < -0.39 is 5.60 Å². The first-order valence-electron chi connectivity index (χ1n) is 8.73. The fourth-order valence-electron chi connectivity index (χ4n) is 3.24. The summed E-state index contributed by atoms with van der Waals surface area (Å²) in [5.41, 5.74) is -1.27. The molecule has 1 aromatic rings. The first kappa shape index (κ1) is 18.0. The number of nitrogens with one attached hydrogen (secondary N) is 1. The van der Waals surface area contributed by atoms with E-state index in [4.69, 9.17) is 13.9 Å². The molecule has 0 aliphatic carbocycles. The van der Waals surface area contributed by atoms with Crippen molar-refractivity contribution in [2.45, 2.75) is 56.8 Å². The Bertz CT molecular complexity index is 664. The summed E-state index contributed by atoms with van der Waals surface area (Å²) in [6.07, 6.45) is 3.34. The number of aliphatic hydroxyl groups is 1. The molecule has 1 amide bonds. The van der Waals surface area contributed by atoms with E-state index >= 15 is 0 Å². The Morgan fingerprint density at radius 1 is 1.32 bits per heavy atom. The fraction of sp³-hybridized carbons (Fsp3) is 0.632. The lowest BCUT2D eigenvalue weighted by Crippen LogP contribution is -2.51. The van der Waals surface area contributed by atoms with Crippen molar-refractivity contribution in [3.8, 4) is 11.8 Å². The molecule has 1 spiro atoms. The second-order valence-corrected chi connectivity index (χ2v) is 7.28. The number of rotatable bonds is 2. The normalized spacial score (nSPS) is 22.9. The van der Waals surface area contributed by atoms with Crippen LogP contribution >= 0.6 is 0 Å². The molecule has 2 fully saturated rings. The van der Waals surface area contributed by atoms with E-state index in [2.05, 4.69) is 17.2 Å². The summed E-state index contributed by atoms with van der Waals surface area (Å²) in [7, 11) is 0. The summed E-state index contributed by atoms with van der Waals surface area (Å²) in [6.45, 7) is 5.25. The first-order chi connectivity index (χ1) is 11.9. The Morgan fingerprint density at radius 2 is 2.08 bits per heavy atom. The van der Waals surface area contributed by atoms with Crippen molar-refractivity contribution in [2.24, 2.45) is 0 Å². The van der Waals surface area contributed by atoms with Crippen LogP contribution in [0.15, 0.2) is 16.5 Å². The van der Waals surface area contributed by atoms with Crippen LogP contribution in [-0.4, -0.2) is 48.1 Å². The van der Waals surface area contributed by atoms with Gasteiger partial charge in [-0.2, -0.15) is 0 Å². The number of carbonyl (C=O) groups excluding carboxylic acids is 1. The first-order valence-corrected chi connectivity index (χ1v) is 8.73. The van der Waals surface area contributed by atoms with Crippen LogP contribution in [0, 0.1) is 11.8 Å². The van der Waals surface area contributed by atoms with Gasteiger partial charge in [-0.05, 0) is 57.6 Å². The van der Waals surface area contributed by atoms with E-state index in [1.807, 2.05) is 0 Å². The number of hydrogen-bond donors (Lipinski definition) is 2. The summed E-state index contributed by atoms with van der Waals surface area (Å²) in [6, 6.07) is 3.31. The lowest BCUT2D eigenvalue weighted by Gasteiger charge is -2.43. The van der Waals surface area contributed by atoms with Gasteiger partial charge in [0.15, 0.2) is 11.5 Å². The molecule has 0 bridgehead atoms. The van der Waals surface area contributed by atoms with E-state index in [1.54, 1.807) is 26.0 Å². The van der Waals surface area contributed by atoms with Gasteiger partial charge in [0.25, 0.3) is 5.91 Å². The zero-order chi connectivity index (χ0) is 17.9. The molecule has 6 heteroatoms. The molecule has 2 aliphatic heterocycles. The van der Waals surface area contributed by atoms with Gasteiger partial charge < -0.3 is 24.3 Å². The molecule has 0 radical (unpaired) electrons. The number of furan rings is 1. The maximum Gasteiger partial charge on any atom is 0.287 e. The average Bonchev–Trinajstić information content (AvgIpc) is 3.02. The third kappa shape index (κ3) is 4.85. The van der Waals surface area contributed by atoms with Gasteiger partial charge in [-0.25, -0.2) is 0 Å². The van der Waals surface area contributed by atoms with Crippen molar-refractivity contribution < 1.29 is 23.8 Å². The minimum absolute atomic E-state index is 0.0651. The molecule has 136 valence electrons. The monoisotopic (exact) mass is 347 g/mol. The minimum atomic E-state index is -1.10. The fourth-order valence-corrected chi connectivity index (χ4v) is 3.24. The molecule has 0 saturated carbocycles. The highest BCUT2D eigenvalue weighted by Gasteiger charge is 2.39. The molecular weight excluding hydrogens is 322 g/mol. The molecule has 2 N–H and O–H groups in total. The standard InChI is InChI=1S/C19H25NO5/c1-18(2,22)7-5-15-3-4-16(25-15)17(21)20-14-6-10-24-19(13-14)8-11-23-12-9-19/h3-4,14,22H,6,8-13H2,1-2H3,(H,20,21)/t14-/m0/s1. The quantitative estimate of drug-likeness (QED) is 0.798. The van der Waals surface area contributed by atoms with E-state index in [9.17, 15) is 9.90 Å². The molecule has 1 aromatic heterocycles. The minimum Gasteiger partial charge on any atom is -0.443 e. The Kier molecular flexibility index (Phi) is 5.19. The highest BCUT2D eigenvalue weighted by molar-refractivity contribution is 5.91. The van der Waals surface area contributed by atoms with E-state index in [1.165, 1.54) is 0 Å². The Balaban J connectivity index is 1.60. The highest BCUT2D eigenvalue weighted by atomic mass is 16.5. The lowest BCUT2D eigenvalue weighted by molar-refractivity contribution is -0.139. The predicted molar refractivity (Wildman–Crippen MR) is 91.1 cm³/mol. The van der Waals surface area contributed by atoms with Crippen LogP contribution in [0.4, 0.5) is 0 Å². The van der Waals surface area contributed by atoms with Gasteiger partial charge >= 0.3 is 0 Å². The van der Waals surface area contributed by atoms with Gasteiger partial charge in [0.1, 0.15) is 5.60 Å². The molecule has 6 nitrogen and oxygen atoms in total. The van der Waals surface area contributed by atoms with Crippen LogP contribution in [0.1, 0.15) is 55.8 Å². The lowest BCUT2D eigenvalue weighted by atomic mass is 9.84. The summed E-state index contributed by atoms with van der Waals surface area (Å²) in [4.78, 5) is 12.4. The van der Waals surface area contributed by atoms with Crippen molar-refractivity contribution in [1.29, 1.82) is 0 Å². The number of ether oxygens (including phenoxy) is 2. The van der Waals surface area contributed by atoms with Gasteiger partial charge in [-0.3, -0.25) is 4.79 Å². The molecular formula is C19H25NO5. The zero-order valence-electron chi connectivity index (χ0n) is 14.8. The molecule has 2 aliphatic rings. The van der Waals surface area contributed by atoms with Gasteiger partial charge in [0, 0.05) is 25.9 Å². The van der Waals surface area contributed by atoms with Crippen LogP contribution < -0.4 is 5.32 Å². The molecule has 3 heterocycles. The van der Waals surface area contributed by atoms with Gasteiger partial charge in [-0.1, -0.05) is 5.92 Å². The van der Waals surface area contributed by atoms with Crippen LogP contribution in [0.5, 0.6) is 0 Å². The van der Waals surface area contributed by atoms with Gasteiger partial charge in [-0.15, -0.1) is 0 Å². The van der Waals surface area contributed by atoms with Crippen molar-refractivity contribution in [3.63, 3.8) is 0 Å². The maximum absolute atomic E-state index is 12.4. The maximum atomic E-state index is 12.4. The van der Waals surface area contributed by atoms with Crippen molar-refractivity contribution in [2.75, 3.05) is 19.8 Å². The Hall–Kier alpha value is -1.81. The van der Waals surface area contributed by atoms with Gasteiger partial charge in [0.05, 0.1) is 5.60 Å². The molecule has 25 heavy (non-hydrogen) atoms. The molecule has 2 saturated heterocycles. The van der Waals surface area contributed by atoms with Crippen molar-refractivity contribution in [1.82, 2.24) is 5.32 Å². The summed E-state index contributed by atoms with van der Waals surface area (Å²) < 4.78 is 16.9. The topological polar surface area (TPSA) is 80.9 Å². The van der Waals surface area contributed by atoms with E-state index in [0.717, 1.165) is 25.7 Å². The smallest absolute Gasteiger partial charge is 0.287 e. The largest absolute Gasteiger partial charge is 0.443 e. The van der Waals surface area contributed by atoms with Crippen LogP contribution in [0.25, 0.3) is 0 Å². The second kappa shape index (κ2) is 7.20.